The van der Waals surface area contributed by atoms with Crippen LogP contribution in [0.1, 0.15) is 12.8 Å². The maximum absolute atomic E-state index is 11.7. The molecule has 24 heavy (non-hydrogen) atoms. The molecule has 3 rings (SSSR count). The van der Waals surface area contributed by atoms with Gasteiger partial charge in [0.2, 0.25) is 15.9 Å². The number of anilines is 1. The van der Waals surface area contributed by atoms with E-state index in [0.717, 1.165) is 25.9 Å². The van der Waals surface area contributed by atoms with Crippen LogP contribution in [-0.4, -0.2) is 38.1 Å². The number of nitrogens with two attached hydrogens (primary N) is 1. The summed E-state index contributed by atoms with van der Waals surface area (Å²) in [7, 11) is -3.78. The van der Waals surface area contributed by atoms with E-state index >= 15 is 0 Å². The Labute approximate surface area is 141 Å². The summed E-state index contributed by atoms with van der Waals surface area (Å²) in [6.45, 7) is 2.04. The molecule has 0 aliphatic carbocycles. The molecule has 0 radical (unpaired) electrons. The topological polar surface area (TPSA) is 98.4 Å². The Bertz CT molecular complexity index is 775. The second-order valence-electron chi connectivity index (χ2n) is 5.78. The minimum atomic E-state index is -3.78. The van der Waals surface area contributed by atoms with Crippen molar-refractivity contribution in [3.63, 3.8) is 0 Å². The molecule has 7 nitrogen and oxygen atoms in total. The number of hydrogen-bond acceptors (Lipinski definition) is 6. The standard InChI is InChI=1S/C16H20N4O3S/c17-24(21,22)14-4-3-9-19-16(14)20-10-6-13(7-11-20)12-23-15-5-1-2-8-18-15/h1-5,8-9,13H,6-7,10-12H2,(H2,17,21,22). The van der Waals surface area contributed by atoms with Crippen LogP contribution in [0.3, 0.4) is 0 Å². The van der Waals surface area contributed by atoms with E-state index in [-0.39, 0.29) is 4.90 Å². The Hall–Kier alpha value is -2.19. The molecule has 0 unspecified atom stereocenters. The van der Waals surface area contributed by atoms with E-state index in [1.54, 1.807) is 18.5 Å². The lowest BCUT2D eigenvalue weighted by Gasteiger charge is -2.33. The summed E-state index contributed by atoms with van der Waals surface area (Å²) in [5.74, 6) is 1.47. The van der Waals surface area contributed by atoms with Gasteiger partial charge in [0.1, 0.15) is 10.7 Å². The average Bonchev–Trinajstić information content (AvgIpc) is 2.61. The largest absolute Gasteiger partial charge is 0.477 e. The van der Waals surface area contributed by atoms with Crippen LogP contribution in [0.15, 0.2) is 47.6 Å². The number of rotatable bonds is 5. The van der Waals surface area contributed by atoms with Crippen molar-refractivity contribution in [2.75, 3.05) is 24.6 Å². The predicted molar refractivity (Wildman–Crippen MR) is 90.3 cm³/mol. The zero-order chi connectivity index (χ0) is 17.0. The Kier molecular flexibility index (Phi) is 4.96. The van der Waals surface area contributed by atoms with Gasteiger partial charge in [0.05, 0.1) is 6.61 Å². The summed E-state index contributed by atoms with van der Waals surface area (Å²) in [5, 5.41) is 5.28. The van der Waals surface area contributed by atoms with Gasteiger partial charge in [-0.25, -0.2) is 23.5 Å². The van der Waals surface area contributed by atoms with E-state index in [9.17, 15) is 8.42 Å². The fourth-order valence-corrected chi connectivity index (χ4v) is 3.49. The molecule has 2 aromatic heterocycles. The van der Waals surface area contributed by atoms with Crippen LogP contribution in [0, 0.1) is 5.92 Å². The van der Waals surface area contributed by atoms with Gasteiger partial charge < -0.3 is 9.64 Å². The van der Waals surface area contributed by atoms with Crippen LogP contribution < -0.4 is 14.8 Å². The van der Waals surface area contributed by atoms with Crippen molar-refractivity contribution in [1.29, 1.82) is 0 Å². The first-order valence-corrected chi connectivity index (χ1v) is 9.35. The van der Waals surface area contributed by atoms with Crippen LogP contribution in [-0.2, 0) is 10.0 Å². The molecule has 2 aromatic rings. The van der Waals surface area contributed by atoms with Crippen LogP contribution in [0.25, 0.3) is 0 Å². The summed E-state index contributed by atoms with van der Waals surface area (Å²) >= 11 is 0. The number of aromatic nitrogens is 2. The third-order valence-corrected chi connectivity index (χ3v) is 5.01. The SMILES string of the molecule is NS(=O)(=O)c1cccnc1N1CCC(COc2ccccn2)CC1. The molecule has 0 bridgehead atoms. The second kappa shape index (κ2) is 7.14. The van der Waals surface area contributed by atoms with Gasteiger partial charge in [-0.2, -0.15) is 0 Å². The maximum Gasteiger partial charge on any atom is 0.241 e. The number of sulfonamides is 1. The first-order valence-electron chi connectivity index (χ1n) is 7.80. The molecule has 0 amide bonds. The monoisotopic (exact) mass is 348 g/mol. The minimum Gasteiger partial charge on any atom is -0.477 e. The molecule has 0 saturated carbocycles. The van der Waals surface area contributed by atoms with Gasteiger partial charge >= 0.3 is 0 Å². The summed E-state index contributed by atoms with van der Waals surface area (Å²) in [5.41, 5.74) is 0. The minimum absolute atomic E-state index is 0.0770. The van der Waals surface area contributed by atoms with Crippen LogP contribution >= 0.6 is 0 Å². The maximum atomic E-state index is 11.7. The number of nitrogens with zero attached hydrogens (tertiary/aromatic N) is 3. The number of ether oxygens (including phenoxy) is 1. The molecule has 0 atom stereocenters. The van der Waals surface area contributed by atoms with Crippen molar-refractivity contribution in [1.82, 2.24) is 9.97 Å². The van der Waals surface area contributed by atoms with Gasteiger partial charge in [-0.05, 0) is 37.0 Å². The summed E-state index contributed by atoms with van der Waals surface area (Å²) < 4.78 is 29.1. The zero-order valence-corrected chi connectivity index (χ0v) is 14.0. The van der Waals surface area contributed by atoms with Gasteiger partial charge in [0.25, 0.3) is 0 Å². The molecular weight excluding hydrogens is 328 g/mol. The van der Waals surface area contributed by atoms with E-state index in [2.05, 4.69) is 9.97 Å². The first-order chi connectivity index (χ1) is 11.5. The molecule has 3 heterocycles. The van der Waals surface area contributed by atoms with Crippen LogP contribution in [0.5, 0.6) is 5.88 Å². The lowest BCUT2D eigenvalue weighted by Crippen LogP contribution is -2.37. The molecule has 8 heteroatoms. The van der Waals surface area contributed by atoms with Gasteiger partial charge in [-0.1, -0.05) is 6.07 Å². The van der Waals surface area contributed by atoms with Gasteiger partial charge in [-0.15, -0.1) is 0 Å². The molecule has 2 N–H and O–H groups in total. The average molecular weight is 348 g/mol. The molecule has 1 aliphatic rings. The van der Waals surface area contributed by atoms with E-state index in [4.69, 9.17) is 9.88 Å². The van der Waals surface area contributed by atoms with Crippen molar-refractivity contribution in [3.05, 3.63) is 42.7 Å². The summed E-state index contributed by atoms with van der Waals surface area (Å²) in [6.07, 6.45) is 5.08. The van der Waals surface area contributed by atoms with Crippen molar-refractivity contribution < 1.29 is 13.2 Å². The molecule has 128 valence electrons. The Balaban J connectivity index is 1.60. The van der Waals surface area contributed by atoms with E-state index < -0.39 is 10.0 Å². The quantitative estimate of drug-likeness (QED) is 0.877. The Morgan fingerprint density at radius 3 is 2.54 bits per heavy atom. The normalized spacial score (nSPS) is 16.1. The highest BCUT2D eigenvalue weighted by Gasteiger charge is 2.25. The highest BCUT2D eigenvalue weighted by atomic mass is 32.2. The molecular formula is C16H20N4O3S. The summed E-state index contributed by atoms with van der Waals surface area (Å²) in [4.78, 5) is 10.4. The van der Waals surface area contributed by atoms with Crippen LogP contribution in [0.2, 0.25) is 0 Å². The molecule has 1 saturated heterocycles. The lowest BCUT2D eigenvalue weighted by atomic mass is 9.98. The highest BCUT2D eigenvalue weighted by Crippen LogP contribution is 2.26. The Morgan fingerprint density at radius 2 is 1.88 bits per heavy atom. The Morgan fingerprint density at radius 1 is 1.12 bits per heavy atom. The second-order valence-corrected chi connectivity index (χ2v) is 7.31. The van der Waals surface area contributed by atoms with E-state index in [0.29, 0.717) is 24.2 Å². The van der Waals surface area contributed by atoms with E-state index in [1.807, 2.05) is 23.1 Å². The van der Waals surface area contributed by atoms with Crippen molar-refractivity contribution in [2.45, 2.75) is 17.7 Å². The van der Waals surface area contributed by atoms with E-state index in [1.165, 1.54) is 6.07 Å². The van der Waals surface area contributed by atoms with Crippen molar-refractivity contribution >= 4 is 15.8 Å². The van der Waals surface area contributed by atoms with Gasteiger partial charge in [0, 0.05) is 31.5 Å². The number of primary sulfonamides is 1. The fraction of sp³-hybridized carbons (Fsp3) is 0.375. The van der Waals surface area contributed by atoms with Gasteiger partial charge in [0.15, 0.2) is 0 Å². The third-order valence-electron chi connectivity index (χ3n) is 4.08. The molecule has 0 aromatic carbocycles. The van der Waals surface area contributed by atoms with Crippen LogP contribution in [0.4, 0.5) is 5.82 Å². The van der Waals surface area contributed by atoms with Crippen molar-refractivity contribution in [2.24, 2.45) is 11.1 Å². The highest BCUT2D eigenvalue weighted by molar-refractivity contribution is 7.89. The number of hydrogen-bond donors (Lipinski definition) is 1. The van der Waals surface area contributed by atoms with Gasteiger partial charge in [-0.3, -0.25) is 0 Å². The molecule has 0 spiro atoms. The molecule has 1 fully saturated rings. The lowest BCUT2D eigenvalue weighted by molar-refractivity contribution is 0.216. The van der Waals surface area contributed by atoms with Crippen molar-refractivity contribution in [3.8, 4) is 5.88 Å². The number of piperidine rings is 1. The third kappa shape index (κ3) is 4.01. The zero-order valence-electron chi connectivity index (χ0n) is 13.2. The number of pyridine rings is 2. The predicted octanol–water partition coefficient (Wildman–Crippen LogP) is 1.42. The molecule has 1 aliphatic heterocycles. The first kappa shape index (κ1) is 16.7. The smallest absolute Gasteiger partial charge is 0.241 e. The fourth-order valence-electron chi connectivity index (χ4n) is 2.79. The summed E-state index contributed by atoms with van der Waals surface area (Å²) in [6, 6.07) is 8.65.